The van der Waals surface area contributed by atoms with Gasteiger partial charge in [-0.05, 0) is 37.3 Å². The van der Waals surface area contributed by atoms with E-state index in [1.165, 1.54) is 0 Å². The average Bonchev–Trinajstić information content (AvgIpc) is 2.23. The molecule has 1 aromatic carbocycles. The van der Waals surface area contributed by atoms with Crippen LogP contribution in [0.25, 0.3) is 0 Å². The van der Waals surface area contributed by atoms with Gasteiger partial charge < -0.3 is 9.84 Å². The highest BCUT2D eigenvalue weighted by Crippen LogP contribution is 2.42. The molecule has 2 rings (SSSR count). The van der Waals surface area contributed by atoms with Crippen LogP contribution in [0.15, 0.2) is 18.2 Å². The number of rotatable bonds is 4. The Bertz CT molecular complexity index is 421. The first-order valence-corrected chi connectivity index (χ1v) is 6.01. The summed E-state index contributed by atoms with van der Waals surface area (Å²) in [5.41, 5.74) is 1.90. The van der Waals surface area contributed by atoms with Gasteiger partial charge in [-0.25, -0.2) is 0 Å². The van der Waals surface area contributed by atoms with Crippen molar-refractivity contribution in [3.63, 3.8) is 0 Å². The summed E-state index contributed by atoms with van der Waals surface area (Å²) >= 11 is 0. The molecule has 3 heteroatoms. The number of methoxy groups -OCH3 is 1. The third-order valence-electron chi connectivity index (χ3n) is 3.61. The van der Waals surface area contributed by atoms with Crippen molar-refractivity contribution in [3.8, 4) is 5.75 Å². The number of ether oxygens (including phenoxy) is 1. The highest BCUT2D eigenvalue weighted by Gasteiger charge is 2.35. The van der Waals surface area contributed by atoms with Crippen LogP contribution in [0, 0.1) is 12.8 Å². The van der Waals surface area contributed by atoms with Gasteiger partial charge in [-0.2, -0.15) is 0 Å². The summed E-state index contributed by atoms with van der Waals surface area (Å²) in [4.78, 5) is 11.4. The lowest BCUT2D eigenvalue weighted by Crippen LogP contribution is -2.27. The van der Waals surface area contributed by atoms with Gasteiger partial charge in [0.15, 0.2) is 0 Å². The van der Waals surface area contributed by atoms with Crippen molar-refractivity contribution in [2.24, 2.45) is 5.92 Å². The fraction of sp³-hybridized carbons (Fsp3) is 0.500. The second-order valence-corrected chi connectivity index (χ2v) is 4.75. The van der Waals surface area contributed by atoms with Crippen LogP contribution >= 0.6 is 0 Å². The van der Waals surface area contributed by atoms with E-state index in [1.807, 2.05) is 25.1 Å². The molecule has 0 aliphatic heterocycles. The molecule has 1 aliphatic rings. The minimum atomic E-state index is -0.739. The lowest BCUT2D eigenvalue weighted by atomic mass is 9.73. The largest absolute Gasteiger partial charge is 0.496 e. The van der Waals surface area contributed by atoms with E-state index in [9.17, 15) is 9.90 Å². The van der Waals surface area contributed by atoms with Crippen molar-refractivity contribution in [2.45, 2.75) is 32.1 Å². The van der Waals surface area contributed by atoms with Gasteiger partial charge in [0.1, 0.15) is 5.75 Å². The Morgan fingerprint density at radius 3 is 2.65 bits per heavy atom. The monoisotopic (exact) mass is 234 g/mol. The summed E-state index contributed by atoms with van der Waals surface area (Å²) in [6.07, 6.45) is 3.16. The maximum atomic E-state index is 11.4. The van der Waals surface area contributed by atoms with Gasteiger partial charge in [0.2, 0.25) is 0 Å². The molecule has 17 heavy (non-hydrogen) atoms. The van der Waals surface area contributed by atoms with Crippen LogP contribution in [0.4, 0.5) is 0 Å². The molecule has 0 heterocycles. The van der Waals surface area contributed by atoms with E-state index in [-0.39, 0.29) is 5.92 Å². The van der Waals surface area contributed by atoms with Crippen LogP contribution in [-0.4, -0.2) is 18.2 Å². The minimum Gasteiger partial charge on any atom is -0.496 e. The zero-order valence-corrected chi connectivity index (χ0v) is 10.3. The normalized spacial score (nSPS) is 17.3. The predicted octanol–water partition coefficient (Wildman–Crippen LogP) is 2.97. The van der Waals surface area contributed by atoms with Crippen LogP contribution in [0.3, 0.4) is 0 Å². The zero-order chi connectivity index (χ0) is 12.4. The Morgan fingerprint density at radius 2 is 2.18 bits per heavy atom. The smallest absolute Gasteiger partial charge is 0.311 e. The average molecular weight is 234 g/mol. The predicted molar refractivity (Wildman–Crippen MR) is 65.4 cm³/mol. The standard InChI is InChI=1S/C14H18O3/c1-9-6-7-11(12(8-9)17-2)13(14(15)16)10-4-3-5-10/h6-8,10,13H,3-5H2,1-2H3,(H,15,16). The fourth-order valence-corrected chi connectivity index (χ4v) is 2.44. The molecule has 0 amide bonds. The van der Waals surface area contributed by atoms with Crippen molar-refractivity contribution in [1.82, 2.24) is 0 Å². The lowest BCUT2D eigenvalue weighted by molar-refractivity contribution is -0.141. The molecule has 1 saturated carbocycles. The van der Waals surface area contributed by atoms with Gasteiger partial charge >= 0.3 is 5.97 Å². The molecule has 0 bridgehead atoms. The molecular formula is C14H18O3. The third kappa shape index (κ3) is 2.28. The van der Waals surface area contributed by atoms with Crippen molar-refractivity contribution in [1.29, 1.82) is 0 Å². The first kappa shape index (κ1) is 12.0. The van der Waals surface area contributed by atoms with Crippen molar-refractivity contribution in [3.05, 3.63) is 29.3 Å². The molecular weight excluding hydrogens is 216 g/mol. The molecule has 1 aliphatic carbocycles. The van der Waals surface area contributed by atoms with E-state index >= 15 is 0 Å². The summed E-state index contributed by atoms with van der Waals surface area (Å²) in [5, 5.41) is 9.40. The van der Waals surface area contributed by atoms with E-state index in [4.69, 9.17) is 4.74 Å². The molecule has 0 aromatic heterocycles. The molecule has 1 aromatic rings. The van der Waals surface area contributed by atoms with Gasteiger partial charge in [0, 0.05) is 5.56 Å². The van der Waals surface area contributed by atoms with Gasteiger partial charge in [-0.3, -0.25) is 4.79 Å². The van der Waals surface area contributed by atoms with Crippen molar-refractivity contribution in [2.75, 3.05) is 7.11 Å². The van der Waals surface area contributed by atoms with Crippen LogP contribution < -0.4 is 4.74 Å². The van der Waals surface area contributed by atoms with E-state index < -0.39 is 11.9 Å². The Kier molecular flexibility index (Phi) is 3.36. The maximum absolute atomic E-state index is 11.4. The van der Waals surface area contributed by atoms with Gasteiger partial charge in [-0.1, -0.05) is 18.6 Å². The minimum absolute atomic E-state index is 0.268. The number of aliphatic carboxylic acids is 1. The van der Waals surface area contributed by atoms with E-state index in [2.05, 4.69) is 0 Å². The maximum Gasteiger partial charge on any atom is 0.311 e. The molecule has 3 nitrogen and oxygen atoms in total. The first-order valence-electron chi connectivity index (χ1n) is 6.01. The van der Waals surface area contributed by atoms with Crippen LogP contribution in [0.5, 0.6) is 5.75 Å². The molecule has 0 saturated heterocycles. The Balaban J connectivity index is 2.37. The fourth-order valence-electron chi connectivity index (χ4n) is 2.44. The number of hydrogen-bond donors (Lipinski definition) is 1. The summed E-state index contributed by atoms with van der Waals surface area (Å²) < 4.78 is 5.31. The Hall–Kier alpha value is -1.51. The summed E-state index contributed by atoms with van der Waals surface area (Å²) in [5.74, 6) is -0.190. The van der Waals surface area contributed by atoms with Crippen molar-refractivity contribution < 1.29 is 14.6 Å². The number of carboxylic acid groups (broad SMARTS) is 1. The summed E-state index contributed by atoms with van der Waals surface area (Å²) in [6.45, 7) is 1.98. The summed E-state index contributed by atoms with van der Waals surface area (Å²) in [7, 11) is 1.60. The van der Waals surface area contributed by atoms with Crippen molar-refractivity contribution >= 4 is 5.97 Å². The Labute approximate surface area is 101 Å². The van der Waals surface area contributed by atoms with Crippen LogP contribution in [0.1, 0.15) is 36.3 Å². The second kappa shape index (κ2) is 4.78. The molecule has 92 valence electrons. The molecule has 1 N–H and O–H groups in total. The highest BCUT2D eigenvalue weighted by atomic mass is 16.5. The van der Waals surface area contributed by atoms with Gasteiger partial charge in [0.05, 0.1) is 13.0 Å². The number of hydrogen-bond acceptors (Lipinski definition) is 2. The SMILES string of the molecule is COc1cc(C)ccc1C(C(=O)O)C1CCC1. The van der Waals surface area contributed by atoms with E-state index in [0.717, 1.165) is 30.4 Å². The van der Waals surface area contributed by atoms with Gasteiger partial charge in [-0.15, -0.1) is 0 Å². The Morgan fingerprint density at radius 1 is 1.47 bits per heavy atom. The van der Waals surface area contributed by atoms with Crippen LogP contribution in [0.2, 0.25) is 0 Å². The van der Waals surface area contributed by atoms with Crippen LogP contribution in [-0.2, 0) is 4.79 Å². The number of carboxylic acids is 1. The summed E-state index contributed by atoms with van der Waals surface area (Å²) in [6, 6.07) is 5.75. The second-order valence-electron chi connectivity index (χ2n) is 4.75. The molecule has 1 atom stereocenters. The molecule has 1 fully saturated rings. The molecule has 0 radical (unpaired) electrons. The lowest BCUT2D eigenvalue weighted by Gasteiger charge is -2.32. The number of benzene rings is 1. The molecule has 1 unspecified atom stereocenters. The number of carbonyl (C=O) groups is 1. The van der Waals surface area contributed by atoms with E-state index in [0.29, 0.717) is 5.75 Å². The first-order chi connectivity index (χ1) is 8.13. The zero-order valence-electron chi connectivity index (χ0n) is 10.3. The quantitative estimate of drug-likeness (QED) is 0.871. The molecule has 0 spiro atoms. The highest BCUT2D eigenvalue weighted by molar-refractivity contribution is 5.78. The number of aryl methyl sites for hydroxylation is 1. The third-order valence-corrected chi connectivity index (χ3v) is 3.61. The van der Waals surface area contributed by atoms with E-state index in [1.54, 1.807) is 7.11 Å². The topological polar surface area (TPSA) is 46.5 Å². The van der Waals surface area contributed by atoms with Gasteiger partial charge in [0.25, 0.3) is 0 Å².